The number of amides is 1. The van der Waals surface area contributed by atoms with E-state index in [2.05, 4.69) is 20.5 Å². The Hall–Kier alpha value is -1.96. The standard InChI is InChI=1S/C15H13ClN4O2S/c16-9-4-1-3-8-12(9)19-20-13(8)18-14(21)10-7-23-15(17-10)11-5-2-6-22-11/h1,3-4,7,11H,2,5-6H2,(H2,18,19,20,21)/t11-/m1/s1. The molecule has 0 bridgehead atoms. The van der Waals surface area contributed by atoms with E-state index in [0.29, 0.717) is 22.1 Å². The maximum absolute atomic E-state index is 12.4. The molecule has 1 atom stereocenters. The first-order chi connectivity index (χ1) is 11.2. The first-order valence-electron chi connectivity index (χ1n) is 7.23. The van der Waals surface area contributed by atoms with Crippen LogP contribution in [0.5, 0.6) is 0 Å². The molecule has 0 aliphatic carbocycles. The van der Waals surface area contributed by atoms with Gasteiger partial charge in [0.1, 0.15) is 16.8 Å². The lowest BCUT2D eigenvalue weighted by Gasteiger charge is -2.03. The monoisotopic (exact) mass is 348 g/mol. The van der Waals surface area contributed by atoms with Crippen LogP contribution in [0.15, 0.2) is 23.6 Å². The number of anilines is 1. The Morgan fingerprint density at radius 2 is 2.39 bits per heavy atom. The summed E-state index contributed by atoms with van der Waals surface area (Å²) in [6.07, 6.45) is 2.01. The topological polar surface area (TPSA) is 79.9 Å². The fourth-order valence-electron chi connectivity index (χ4n) is 2.59. The van der Waals surface area contributed by atoms with Gasteiger partial charge in [-0.3, -0.25) is 9.89 Å². The summed E-state index contributed by atoms with van der Waals surface area (Å²) < 4.78 is 5.59. The highest BCUT2D eigenvalue weighted by molar-refractivity contribution is 7.09. The summed E-state index contributed by atoms with van der Waals surface area (Å²) in [5.41, 5.74) is 1.07. The number of hydrogen-bond acceptors (Lipinski definition) is 5. The van der Waals surface area contributed by atoms with E-state index < -0.39 is 0 Å². The van der Waals surface area contributed by atoms with E-state index in [4.69, 9.17) is 16.3 Å². The van der Waals surface area contributed by atoms with Gasteiger partial charge in [0.2, 0.25) is 0 Å². The molecule has 1 aliphatic heterocycles. The first kappa shape index (κ1) is 14.6. The van der Waals surface area contributed by atoms with Crippen molar-refractivity contribution >= 4 is 45.6 Å². The zero-order valence-electron chi connectivity index (χ0n) is 12.0. The van der Waals surface area contributed by atoms with Crippen LogP contribution in [0.3, 0.4) is 0 Å². The molecule has 0 radical (unpaired) electrons. The summed E-state index contributed by atoms with van der Waals surface area (Å²) in [5.74, 6) is 0.151. The number of thiazole rings is 1. The van der Waals surface area contributed by atoms with Gasteiger partial charge in [-0.1, -0.05) is 17.7 Å². The quantitative estimate of drug-likeness (QED) is 0.755. The van der Waals surface area contributed by atoms with Gasteiger partial charge in [-0.15, -0.1) is 11.3 Å². The van der Waals surface area contributed by atoms with Crippen LogP contribution in [0, 0.1) is 0 Å². The third kappa shape index (κ3) is 2.71. The van der Waals surface area contributed by atoms with E-state index in [1.807, 2.05) is 12.1 Å². The predicted octanol–water partition coefficient (Wildman–Crippen LogP) is 3.78. The van der Waals surface area contributed by atoms with E-state index in [1.165, 1.54) is 11.3 Å². The van der Waals surface area contributed by atoms with Crippen LogP contribution in [-0.4, -0.2) is 27.7 Å². The normalized spacial score (nSPS) is 17.7. The number of halogens is 1. The molecule has 23 heavy (non-hydrogen) atoms. The molecule has 2 N–H and O–H groups in total. The smallest absolute Gasteiger partial charge is 0.276 e. The van der Waals surface area contributed by atoms with Crippen LogP contribution >= 0.6 is 22.9 Å². The largest absolute Gasteiger partial charge is 0.371 e. The van der Waals surface area contributed by atoms with Gasteiger partial charge in [-0.05, 0) is 25.0 Å². The lowest BCUT2D eigenvalue weighted by Crippen LogP contribution is -2.13. The minimum atomic E-state index is -0.293. The van der Waals surface area contributed by atoms with Crippen LogP contribution < -0.4 is 5.32 Å². The van der Waals surface area contributed by atoms with Crippen molar-refractivity contribution in [3.63, 3.8) is 0 Å². The summed E-state index contributed by atoms with van der Waals surface area (Å²) in [5, 5.41) is 13.6. The van der Waals surface area contributed by atoms with Crippen LogP contribution in [0.25, 0.3) is 10.9 Å². The van der Waals surface area contributed by atoms with E-state index >= 15 is 0 Å². The lowest BCUT2D eigenvalue weighted by atomic mass is 10.2. The second kappa shape index (κ2) is 5.92. The van der Waals surface area contributed by atoms with Crippen LogP contribution in [0.2, 0.25) is 5.02 Å². The number of nitrogens with one attached hydrogen (secondary N) is 2. The molecular formula is C15H13ClN4O2S. The molecule has 118 valence electrons. The van der Waals surface area contributed by atoms with Crippen molar-refractivity contribution in [2.24, 2.45) is 0 Å². The number of carbonyl (C=O) groups is 1. The molecule has 6 nitrogen and oxygen atoms in total. The highest BCUT2D eigenvalue weighted by Crippen LogP contribution is 2.31. The number of carbonyl (C=O) groups excluding carboxylic acids is 1. The Morgan fingerprint density at radius 3 is 3.22 bits per heavy atom. The molecule has 1 fully saturated rings. The number of benzene rings is 1. The van der Waals surface area contributed by atoms with Crippen molar-refractivity contribution < 1.29 is 9.53 Å². The summed E-state index contributed by atoms with van der Waals surface area (Å²) >= 11 is 7.54. The van der Waals surface area contributed by atoms with Crippen molar-refractivity contribution in [3.05, 3.63) is 39.3 Å². The Labute approximate surface area is 140 Å². The van der Waals surface area contributed by atoms with Gasteiger partial charge in [0.05, 0.1) is 10.5 Å². The van der Waals surface area contributed by atoms with Gasteiger partial charge < -0.3 is 10.1 Å². The molecule has 0 unspecified atom stereocenters. The fourth-order valence-corrected chi connectivity index (χ4v) is 3.68. The minimum absolute atomic E-state index is 0.0200. The van der Waals surface area contributed by atoms with Gasteiger partial charge in [0.25, 0.3) is 5.91 Å². The van der Waals surface area contributed by atoms with E-state index in [0.717, 1.165) is 29.8 Å². The second-order valence-electron chi connectivity index (χ2n) is 5.26. The first-order valence-corrected chi connectivity index (χ1v) is 8.49. The van der Waals surface area contributed by atoms with Crippen molar-refractivity contribution in [1.29, 1.82) is 0 Å². The zero-order valence-corrected chi connectivity index (χ0v) is 13.6. The Balaban J connectivity index is 1.56. The van der Waals surface area contributed by atoms with E-state index in [1.54, 1.807) is 11.4 Å². The number of hydrogen-bond donors (Lipinski definition) is 2. The molecule has 2 aromatic heterocycles. The summed E-state index contributed by atoms with van der Waals surface area (Å²) in [6, 6.07) is 5.43. The highest BCUT2D eigenvalue weighted by atomic mass is 35.5. The molecule has 3 heterocycles. The number of ether oxygens (including phenoxy) is 1. The van der Waals surface area contributed by atoms with Gasteiger partial charge >= 0.3 is 0 Å². The van der Waals surface area contributed by atoms with Crippen LogP contribution in [0.1, 0.15) is 34.4 Å². The number of aromatic nitrogens is 3. The number of rotatable bonds is 3. The fraction of sp³-hybridized carbons (Fsp3) is 0.267. The molecule has 0 spiro atoms. The van der Waals surface area contributed by atoms with E-state index in [-0.39, 0.29) is 12.0 Å². The number of nitrogens with zero attached hydrogens (tertiary/aromatic N) is 2. The number of fused-ring (bicyclic) bond motifs is 1. The molecule has 3 aromatic rings. The van der Waals surface area contributed by atoms with Crippen molar-refractivity contribution in [3.8, 4) is 0 Å². The third-order valence-corrected chi connectivity index (χ3v) is 4.99. The average molecular weight is 349 g/mol. The van der Waals surface area contributed by atoms with Gasteiger partial charge in [-0.2, -0.15) is 5.10 Å². The van der Waals surface area contributed by atoms with E-state index in [9.17, 15) is 4.79 Å². The number of H-pyrrole nitrogens is 1. The molecule has 0 saturated carbocycles. The molecule has 1 aromatic carbocycles. The Morgan fingerprint density at radius 1 is 1.48 bits per heavy atom. The maximum Gasteiger partial charge on any atom is 0.276 e. The van der Waals surface area contributed by atoms with Crippen LogP contribution in [0.4, 0.5) is 5.82 Å². The van der Waals surface area contributed by atoms with Gasteiger partial charge in [0.15, 0.2) is 5.82 Å². The SMILES string of the molecule is O=C(Nc1n[nH]c2c(Cl)cccc12)c1csc([C@H]2CCCO2)n1. The molecule has 4 rings (SSSR count). The molecule has 1 aliphatic rings. The summed E-state index contributed by atoms with van der Waals surface area (Å²) in [4.78, 5) is 16.8. The minimum Gasteiger partial charge on any atom is -0.371 e. The summed E-state index contributed by atoms with van der Waals surface area (Å²) in [7, 11) is 0. The Kier molecular flexibility index (Phi) is 3.76. The third-order valence-electron chi connectivity index (χ3n) is 3.74. The lowest BCUT2D eigenvalue weighted by molar-refractivity contribution is 0.101. The van der Waals surface area contributed by atoms with Gasteiger partial charge in [-0.25, -0.2) is 4.98 Å². The van der Waals surface area contributed by atoms with Crippen molar-refractivity contribution in [2.45, 2.75) is 18.9 Å². The van der Waals surface area contributed by atoms with Gasteiger partial charge in [0, 0.05) is 17.4 Å². The average Bonchev–Trinajstić information content (AvgIpc) is 3.28. The highest BCUT2D eigenvalue weighted by Gasteiger charge is 2.23. The van der Waals surface area contributed by atoms with Crippen LogP contribution in [-0.2, 0) is 4.74 Å². The van der Waals surface area contributed by atoms with Crippen molar-refractivity contribution in [1.82, 2.24) is 15.2 Å². The number of aromatic amines is 1. The molecule has 1 saturated heterocycles. The molecular weight excluding hydrogens is 336 g/mol. The zero-order chi connectivity index (χ0) is 15.8. The molecule has 8 heteroatoms. The second-order valence-corrected chi connectivity index (χ2v) is 6.56. The summed E-state index contributed by atoms with van der Waals surface area (Å²) in [6.45, 7) is 0.756. The Bertz CT molecular complexity index is 869. The number of para-hydroxylation sites is 1. The predicted molar refractivity (Wildman–Crippen MR) is 89.1 cm³/mol. The van der Waals surface area contributed by atoms with Crippen molar-refractivity contribution in [2.75, 3.05) is 11.9 Å². The molecule has 1 amide bonds. The maximum atomic E-state index is 12.4.